The lowest BCUT2D eigenvalue weighted by Gasteiger charge is -2.34. The molecule has 2 atom stereocenters. The molecule has 0 radical (unpaired) electrons. The number of carbonyl (C=O) groups excluding carboxylic acids is 2. The average molecular weight is 571 g/mol. The van der Waals surface area contributed by atoms with E-state index in [9.17, 15) is 14.9 Å². The number of rotatable bonds is 15. The molecule has 0 saturated carbocycles. The molecule has 2 heterocycles. The average Bonchev–Trinajstić information content (AvgIpc) is 3.41. The molecule has 220 valence electrons. The van der Waals surface area contributed by atoms with Crippen LogP contribution in [0.5, 0.6) is 0 Å². The summed E-state index contributed by atoms with van der Waals surface area (Å²) in [7, 11) is 1.68. The highest BCUT2D eigenvalue weighted by Crippen LogP contribution is 2.20. The minimum atomic E-state index is -0.481. The number of benzene rings is 1. The van der Waals surface area contributed by atoms with Crippen molar-refractivity contribution in [3.05, 3.63) is 40.8 Å². The van der Waals surface area contributed by atoms with Crippen LogP contribution in [-0.4, -0.2) is 111 Å². The fourth-order valence-electron chi connectivity index (χ4n) is 4.92. The fraction of sp³-hybridized carbons (Fsp3) is 0.633. The van der Waals surface area contributed by atoms with Gasteiger partial charge in [-0.3, -0.25) is 14.5 Å². The number of nitriles is 1. The molecule has 2 N–H and O–H groups in total. The van der Waals surface area contributed by atoms with Crippen LogP contribution in [0.15, 0.2) is 35.2 Å². The van der Waals surface area contributed by atoms with E-state index < -0.39 is 5.25 Å². The number of hydrogen-bond donors (Lipinski definition) is 2. The van der Waals surface area contributed by atoms with E-state index in [1.54, 1.807) is 17.4 Å². The van der Waals surface area contributed by atoms with Crippen molar-refractivity contribution in [3.63, 3.8) is 0 Å². The van der Waals surface area contributed by atoms with Crippen molar-refractivity contribution in [2.24, 2.45) is 5.92 Å². The van der Waals surface area contributed by atoms with Gasteiger partial charge in [0.15, 0.2) is 0 Å². The Balaban J connectivity index is 1.54. The molecule has 2 fully saturated rings. The van der Waals surface area contributed by atoms with Gasteiger partial charge in [0.2, 0.25) is 5.91 Å². The Labute approximate surface area is 244 Å². The highest BCUT2D eigenvalue weighted by molar-refractivity contribution is 8.03. The molecule has 2 aliphatic heterocycles. The molecular formula is C30H46N6O3S. The lowest BCUT2D eigenvalue weighted by atomic mass is 10.1. The summed E-state index contributed by atoms with van der Waals surface area (Å²) in [5.41, 5.74) is 2.32. The summed E-state index contributed by atoms with van der Waals surface area (Å²) in [5, 5.41) is 17.1. The molecule has 0 aromatic heterocycles. The van der Waals surface area contributed by atoms with Crippen molar-refractivity contribution < 1.29 is 14.3 Å². The van der Waals surface area contributed by atoms with Crippen LogP contribution in [-0.2, 0) is 20.7 Å². The fourth-order valence-corrected chi connectivity index (χ4v) is 5.76. The molecule has 40 heavy (non-hydrogen) atoms. The van der Waals surface area contributed by atoms with Crippen LogP contribution in [0.3, 0.4) is 0 Å². The van der Waals surface area contributed by atoms with Crippen molar-refractivity contribution >= 4 is 29.3 Å². The van der Waals surface area contributed by atoms with E-state index in [-0.39, 0.29) is 17.4 Å². The zero-order valence-electron chi connectivity index (χ0n) is 24.4. The Morgan fingerprint density at radius 1 is 1.15 bits per heavy atom. The molecule has 10 heteroatoms. The smallest absolute Gasteiger partial charge is 0.265 e. The van der Waals surface area contributed by atoms with E-state index in [1.165, 1.54) is 36.8 Å². The number of ether oxygens (including phenoxy) is 1. The molecule has 2 amide bonds. The third kappa shape index (κ3) is 10.4. The van der Waals surface area contributed by atoms with Crippen LogP contribution in [0.4, 0.5) is 5.69 Å². The molecule has 0 bridgehead atoms. The molecule has 2 saturated heterocycles. The SMILES string of the molecule is CCCNC(=O)C(CNc1ccc(CCN2CCC(C)C2)cc1)S/C=C(/C#N)C(=O)N1CCN(CCOC)CC1. The quantitative estimate of drug-likeness (QED) is 0.245. The second-order valence-corrected chi connectivity index (χ2v) is 11.8. The van der Waals surface area contributed by atoms with Gasteiger partial charge in [0.25, 0.3) is 5.91 Å². The van der Waals surface area contributed by atoms with Crippen molar-refractivity contribution in [1.29, 1.82) is 5.26 Å². The first-order valence-electron chi connectivity index (χ1n) is 14.5. The molecule has 0 spiro atoms. The summed E-state index contributed by atoms with van der Waals surface area (Å²) in [6, 6.07) is 10.5. The van der Waals surface area contributed by atoms with E-state index in [0.29, 0.717) is 32.8 Å². The molecule has 3 rings (SSSR count). The lowest BCUT2D eigenvalue weighted by molar-refractivity contribution is -0.128. The molecular weight excluding hydrogens is 524 g/mol. The summed E-state index contributed by atoms with van der Waals surface area (Å²) in [6.07, 6.45) is 3.16. The number of piperazine rings is 1. The first-order valence-corrected chi connectivity index (χ1v) is 15.5. The first kappa shape index (κ1) is 31.9. The number of anilines is 1. The standard InChI is InChI=1S/C30H46N6O3S/c1-4-11-32-29(37)28(21-33-27-7-5-25(6-8-27)10-13-35-12-9-24(2)22-35)40-23-26(20-31)30(38)36-16-14-34(15-17-36)18-19-39-3/h5-8,23-24,28,33H,4,9-19,21-22H2,1-3H3,(H,32,37)/b26-23-. The van der Waals surface area contributed by atoms with E-state index in [1.807, 2.05) is 6.92 Å². The van der Waals surface area contributed by atoms with Gasteiger partial charge in [-0.25, -0.2) is 0 Å². The number of amides is 2. The monoisotopic (exact) mass is 570 g/mol. The van der Waals surface area contributed by atoms with Crippen LogP contribution in [0, 0.1) is 17.2 Å². The zero-order valence-corrected chi connectivity index (χ0v) is 25.2. The number of thioether (sulfide) groups is 1. The molecule has 2 aliphatic rings. The summed E-state index contributed by atoms with van der Waals surface area (Å²) in [4.78, 5) is 32.4. The normalized spacial score (nSPS) is 19.3. The van der Waals surface area contributed by atoms with Gasteiger partial charge >= 0.3 is 0 Å². The highest BCUT2D eigenvalue weighted by Gasteiger charge is 2.25. The van der Waals surface area contributed by atoms with Gasteiger partial charge in [0, 0.05) is 71.7 Å². The lowest BCUT2D eigenvalue weighted by Crippen LogP contribution is -2.49. The third-order valence-electron chi connectivity index (χ3n) is 7.48. The molecule has 2 unspecified atom stereocenters. The van der Waals surface area contributed by atoms with E-state index in [4.69, 9.17) is 4.74 Å². The second kappa shape index (κ2) is 17.3. The predicted octanol–water partition coefficient (Wildman–Crippen LogP) is 2.81. The first-order chi connectivity index (χ1) is 19.4. The Kier molecular flexibility index (Phi) is 13.8. The van der Waals surface area contributed by atoms with Crippen LogP contribution in [0.1, 0.15) is 32.3 Å². The summed E-state index contributed by atoms with van der Waals surface area (Å²) in [6.45, 7) is 12.9. The van der Waals surface area contributed by atoms with Gasteiger partial charge in [0.05, 0.1) is 6.61 Å². The van der Waals surface area contributed by atoms with E-state index in [0.717, 1.165) is 50.6 Å². The van der Waals surface area contributed by atoms with Crippen LogP contribution >= 0.6 is 11.8 Å². The molecule has 0 aliphatic carbocycles. The van der Waals surface area contributed by atoms with Gasteiger partial charge < -0.3 is 25.2 Å². The third-order valence-corrected chi connectivity index (χ3v) is 8.57. The van der Waals surface area contributed by atoms with Crippen LogP contribution in [0.2, 0.25) is 0 Å². The van der Waals surface area contributed by atoms with Crippen LogP contribution in [0.25, 0.3) is 0 Å². The number of nitrogens with zero attached hydrogens (tertiary/aromatic N) is 4. The molecule has 1 aromatic rings. The summed E-state index contributed by atoms with van der Waals surface area (Å²) in [5.74, 6) is 0.413. The number of carbonyl (C=O) groups is 2. The van der Waals surface area contributed by atoms with Crippen molar-refractivity contribution in [2.75, 3.05) is 84.5 Å². The molecule has 1 aromatic carbocycles. The maximum absolute atomic E-state index is 13.0. The van der Waals surface area contributed by atoms with Gasteiger partial charge in [-0.15, -0.1) is 11.8 Å². The summed E-state index contributed by atoms with van der Waals surface area (Å²) >= 11 is 1.22. The van der Waals surface area contributed by atoms with Crippen LogP contribution < -0.4 is 10.6 Å². The Morgan fingerprint density at radius 2 is 1.90 bits per heavy atom. The highest BCUT2D eigenvalue weighted by atomic mass is 32.2. The minimum absolute atomic E-state index is 0.0698. The largest absolute Gasteiger partial charge is 0.383 e. The van der Waals surface area contributed by atoms with Crippen molar-refractivity contribution in [3.8, 4) is 6.07 Å². The Hall–Kier alpha value is -2.58. The number of likely N-dealkylation sites (tertiary alicyclic amines) is 1. The van der Waals surface area contributed by atoms with Crippen molar-refractivity contribution in [2.45, 2.75) is 38.4 Å². The topological polar surface area (TPSA) is 101 Å². The second-order valence-electron chi connectivity index (χ2n) is 10.7. The maximum atomic E-state index is 13.0. The Morgan fingerprint density at radius 3 is 2.52 bits per heavy atom. The van der Waals surface area contributed by atoms with Gasteiger partial charge in [-0.2, -0.15) is 5.26 Å². The molecule has 9 nitrogen and oxygen atoms in total. The predicted molar refractivity (Wildman–Crippen MR) is 162 cm³/mol. The number of nitrogens with one attached hydrogen (secondary N) is 2. The maximum Gasteiger partial charge on any atom is 0.265 e. The van der Waals surface area contributed by atoms with Gasteiger partial charge in [0.1, 0.15) is 16.9 Å². The zero-order chi connectivity index (χ0) is 28.7. The van der Waals surface area contributed by atoms with Crippen molar-refractivity contribution in [1.82, 2.24) is 20.0 Å². The summed E-state index contributed by atoms with van der Waals surface area (Å²) < 4.78 is 5.14. The number of methoxy groups -OCH3 is 1. The van der Waals surface area contributed by atoms with Gasteiger partial charge in [-0.05, 0) is 54.8 Å². The van der Waals surface area contributed by atoms with E-state index >= 15 is 0 Å². The Bertz CT molecular complexity index is 1000. The van der Waals surface area contributed by atoms with E-state index in [2.05, 4.69) is 57.7 Å². The van der Waals surface area contributed by atoms with Gasteiger partial charge in [-0.1, -0.05) is 26.0 Å². The minimum Gasteiger partial charge on any atom is -0.383 e. The number of hydrogen-bond acceptors (Lipinski definition) is 8.